The van der Waals surface area contributed by atoms with Gasteiger partial charge in [-0.15, -0.1) is 0 Å². The Morgan fingerprint density at radius 3 is 2.61 bits per heavy atom. The van der Waals surface area contributed by atoms with Gasteiger partial charge in [-0.1, -0.05) is 36.4 Å². The van der Waals surface area contributed by atoms with Crippen molar-refractivity contribution in [2.24, 2.45) is 0 Å². The van der Waals surface area contributed by atoms with Gasteiger partial charge in [-0.3, -0.25) is 14.6 Å². The summed E-state index contributed by atoms with van der Waals surface area (Å²) in [5.41, 5.74) is 2.31. The van der Waals surface area contributed by atoms with Crippen LogP contribution in [0.15, 0.2) is 66.9 Å². The second-order valence-electron chi connectivity index (χ2n) is 9.10. The van der Waals surface area contributed by atoms with Crippen molar-refractivity contribution in [3.05, 3.63) is 78.0 Å². The molecule has 2 amide bonds. The average Bonchev–Trinajstić information content (AvgIpc) is 3.01. The molecule has 0 radical (unpaired) electrons. The molecule has 1 aliphatic carbocycles. The molecular weight excluding hydrogens is 414 g/mol. The number of aliphatic hydroxyl groups is 1. The van der Waals surface area contributed by atoms with Gasteiger partial charge < -0.3 is 15.3 Å². The van der Waals surface area contributed by atoms with Crippen LogP contribution in [0.5, 0.6) is 0 Å². The number of benzene rings is 2. The number of aromatic nitrogens is 1. The van der Waals surface area contributed by atoms with Gasteiger partial charge in [0.1, 0.15) is 0 Å². The summed E-state index contributed by atoms with van der Waals surface area (Å²) in [6.07, 6.45) is 3.80. The van der Waals surface area contributed by atoms with Gasteiger partial charge in [-0.25, -0.2) is 0 Å². The Morgan fingerprint density at radius 1 is 1.09 bits per heavy atom. The number of nitrogens with one attached hydrogen (secondary N) is 1. The summed E-state index contributed by atoms with van der Waals surface area (Å²) < 4.78 is 0. The molecule has 1 heterocycles. The van der Waals surface area contributed by atoms with Crippen LogP contribution in [0.2, 0.25) is 0 Å². The maximum Gasteiger partial charge on any atom is 0.253 e. The number of nitrogens with zero attached hydrogens (tertiary/aromatic N) is 2. The monoisotopic (exact) mass is 445 g/mol. The molecule has 1 fully saturated rings. The first-order valence-corrected chi connectivity index (χ1v) is 11.5. The van der Waals surface area contributed by atoms with Crippen molar-refractivity contribution in [2.45, 2.75) is 50.2 Å². The van der Waals surface area contributed by atoms with Crippen molar-refractivity contribution in [1.29, 1.82) is 0 Å². The van der Waals surface area contributed by atoms with E-state index < -0.39 is 6.10 Å². The Labute approximate surface area is 194 Å². The van der Waals surface area contributed by atoms with E-state index in [0.29, 0.717) is 24.9 Å². The number of rotatable bonds is 5. The molecule has 6 nitrogen and oxygen atoms in total. The molecule has 4 rings (SSSR count). The van der Waals surface area contributed by atoms with E-state index in [2.05, 4.69) is 22.4 Å². The zero-order valence-corrected chi connectivity index (χ0v) is 19.2. The molecule has 1 saturated carbocycles. The van der Waals surface area contributed by atoms with Gasteiger partial charge in [0.2, 0.25) is 5.91 Å². The molecule has 3 aromatic rings. The van der Waals surface area contributed by atoms with Gasteiger partial charge in [-0.05, 0) is 55.5 Å². The summed E-state index contributed by atoms with van der Waals surface area (Å²) in [5, 5.41) is 15.0. The minimum Gasteiger partial charge on any atom is -0.391 e. The molecule has 6 heteroatoms. The molecule has 0 saturated heterocycles. The van der Waals surface area contributed by atoms with Crippen LogP contribution >= 0.6 is 0 Å². The molecule has 1 aliphatic rings. The zero-order chi connectivity index (χ0) is 23.4. The van der Waals surface area contributed by atoms with Gasteiger partial charge in [0.15, 0.2) is 0 Å². The number of pyridine rings is 1. The van der Waals surface area contributed by atoms with Crippen LogP contribution in [0.1, 0.15) is 48.5 Å². The van der Waals surface area contributed by atoms with Crippen molar-refractivity contribution < 1.29 is 14.7 Å². The van der Waals surface area contributed by atoms with Crippen molar-refractivity contribution in [3.63, 3.8) is 0 Å². The lowest BCUT2D eigenvalue weighted by atomic mass is 9.74. The predicted octanol–water partition coefficient (Wildman–Crippen LogP) is 3.68. The number of aliphatic hydroxyl groups excluding tert-OH is 1. The summed E-state index contributed by atoms with van der Waals surface area (Å²) in [7, 11) is 1.77. The molecule has 172 valence electrons. The standard InChI is InChI=1S/C27H31N3O3/c1-19(31)29-18-27(22-8-4-3-5-9-22)14-12-24(25(32)13-15-27)30(2)26(33)21-10-11-23-20(17-21)7-6-16-28-23/h3-11,16-17,24-25,32H,12-15,18H2,1-2H3,(H,29,31)/t24-,25-,27-/m1/s1. The molecule has 1 aromatic heterocycles. The number of hydrogen-bond acceptors (Lipinski definition) is 4. The molecule has 0 spiro atoms. The third-order valence-electron chi connectivity index (χ3n) is 7.01. The summed E-state index contributed by atoms with van der Waals surface area (Å²) in [4.78, 5) is 31.0. The highest BCUT2D eigenvalue weighted by Crippen LogP contribution is 2.39. The van der Waals surface area contributed by atoms with Crippen molar-refractivity contribution in [3.8, 4) is 0 Å². The lowest BCUT2D eigenvalue weighted by molar-refractivity contribution is -0.119. The fourth-order valence-corrected chi connectivity index (χ4v) is 5.03. The van der Waals surface area contributed by atoms with E-state index in [4.69, 9.17) is 0 Å². The maximum absolute atomic E-state index is 13.3. The number of likely N-dealkylation sites (N-methyl/N-ethyl adjacent to an activating group) is 1. The Balaban J connectivity index is 1.57. The van der Waals surface area contributed by atoms with E-state index >= 15 is 0 Å². The minimum atomic E-state index is -0.635. The number of carbonyl (C=O) groups is 2. The molecule has 0 aliphatic heterocycles. The molecule has 0 unspecified atom stereocenters. The third kappa shape index (κ3) is 4.91. The van der Waals surface area contributed by atoms with E-state index in [-0.39, 0.29) is 23.3 Å². The van der Waals surface area contributed by atoms with Gasteiger partial charge in [0, 0.05) is 43.1 Å². The fraction of sp³-hybridized carbons (Fsp3) is 0.370. The topological polar surface area (TPSA) is 82.5 Å². The van der Waals surface area contributed by atoms with E-state index in [1.54, 1.807) is 24.2 Å². The lowest BCUT2D eigenvalue weighted by Crippen LogP contribution is -2.44. The van der Waals surface area contributed by atoms with E-state index in [9.17, 15) is 14.7 Å². The van der Waals surface area contributed by atoms with Gasteiger partial charge >= 0.3 is 0 Å². The molecule has 33 heavy (non-hydrogen) atoms. The van der Waals surface area contributed by atoms with Crippen LogP contribution < -0.4 is 5.32 Å². The first-order chi connectivity index (χ1) is 15.9. The number of amides is 2. The predicted molar refractivity (Wildman–Crippen MR) is 129 cm³/mol. The van der Waals surface area contributed by atoms with Gasteiger partial charge in [0.05, 0.1) is 17.7 Å². The quantitative estimate of drug-likeness (QED) is 0.587. The smallest absolute Gasteiger partial charge is 0.253 e. The highest BCUT2D eigenvalue weighted by molar-refractivity contribution is 5.98. The maximum atomic E-state index is 13.3. The first-order valence-electron chi connectivity index (χ1n) is 11.5. The Morgan fingerprint density at radius 2 is 1.85 bits per heavy atom. The highest BCUT2D eigenvalue weighted by atomic mass is 16.3. The molecule has 2 aromatic carbocycles. The van der Waals surface area contributed by atoms with E-state index in [0.717, 1.165) is 29.3 Å². The lowest BCUT2D eigenvalue weighted by Gasteiger charge is -2.34. The average molecular weight is 446 g/mol. The SMILES string of the molecule is CC(=O)NC[C@]1(c2ccccc2)CC[C@@H](O)[C@H](N(C)C(=O)c2ccc3ncccc3c2)CC1. The number of carbonyl (C=O) groups excluding carboxylic acids is 2. The second-order valence-corrected chi connectivity index (χ2v) is 9.10. The van der Waals surface area contributed by atoms with Crippen LogP contribution in [0, 0.1) is 0 Å². The van der Waals surface area contributed by atoms with Crippen LogP contribution in [-0.2, 0) is 10.2 Å². The minimum absolute atomic E-state index is 0.0651. The zero-order valence-electron chi connectivity index (χ0n) is 19.2. The summed E-state index contributed by atoms with van der Waals surface area (Å²) in [6, 6.07) is 19.2. The van der Waals surface area contributed by atoms with Crippen LogP contribution in [0.3, 0.4) is 0 Å². The van der Waals surface area contributed by atoms with Crippen molar-refractivity contribution in [2.75, 3.05) is 13.6 Å². The normalized spacial score (nSPS) is 23.0. The van der Waals surface area contributed by atoms with Gasteiger partial charge in [0.25, 0.3) is 5.91 Å². The van der Waals surface area contributed by atoms with Crippen LogP contribution in [0.25, 0.3) is 10.9 Å². The number of fused-ring (bicyclic) bond motifs is 1. The first kappa shape index (κ1) is 22.9. The molecule has 2 N–H and O–H groups in total. The fourth-order valence-electron chi connectivity index (χ4n) is 5.03. The largest absolute Gasteiger partial charge is 0.391 e. The van der Waals surface area contributed by atoms with Crippen LogP contribution in [-0.4, -0.2) is 52.5 Å². The molecule has 3 atom stereocenters. The Hall–Kier alpha value is -3.25. The van der Waals surface area contributed by atoms with Crippen LogP contribution in [0.4, 0.5) is 0 Å². The Kier molecular flexibility index (Phi) is 6.75. The number of hydrogen-bond donors (Lipinski definition) is 2. The summed E-state index contributed by atoms with van der Waals surface area (Å²) in [5.74, 6) is -0.177. The second kappa shape index (κ2) is 9.71. The van der Waals surface area contributed by atoms with Gasteiger partial charge in [-0.2, -0.15) is 0 Å². The molecule has 0 bridgehead atoms. The summed E-state index contributed by atoms with van der Waals surface area (Å²) in [6.45, 7) is 2.04. The summed E-state index contributed by atoms with van der Waals surface area (Å²) >= 11 is 0. The highest BCUT2D eigenvalue weighted by Gasteiger charge is 2.40. The van der Waals surface area contributed by atoms with Crippen molar-refractivity contribution in [1.82, 2.24) is 15.2 Å². The molecular formula is C27H31N3O3. The van der Waals surface area contributed by atoms with Crippen molar-refractivity contribution >= 4 is 22.7 Å². The van der Waals surface area contributed by atoms with E-state index in [1.807, 2.05) is 42.5 Å². The van der Waals surface area contributed by atoms with E-state index in [1.165, 1.54) is 6.92 Å². The Bertz CT molecular complexity index is 1130. The third-order valence-corrected chi connectivity index (χ3v) is 7.01.